The quantitative estimate of drug-likeness (QED) is 0.803. The molecular formula is C20H22N4O4. The van der Waals surface area contributed by atoms with Crippen molar-refractivity contribution in [3.05, 3.63) is 54.5 Å². The summed E-state index contributed by atoms with van der Waals surface area (Å²) in [6, 6.07) is 12.6. The fourth-order valence-electron chi connectivity index (χ4n) is 3.56. The Bertz CT molecular complexity index is 844. The van der Waals surface area contributed by atoms with Crippen LogP contribution in [0.4, 0.5) is 10.5 Å². The van der Waals surface area contributed by atoms with E-state index in [1.807, 2.05) is 30.3 Å². The van der Waals surface area contributed by atoms with Gasteiger partial charge in [0.2, 0.25) is 5.91 Å². The summed E-state index contributed by atoms with van der Waals surface area (Å²) in [5, 5.41) is 0. The summed E-state index contributed by atoms with van der Waals surface area (Å²) in [5.74, 6) is 0.0575. The number of rotatable bonds is 4. The molecule has 8 heteroatoms. The third-order valence-corrected chi connectivity index (χ3v) is 5.14. The van der Waals surface area contributed by atoms with E-state index >= 15 is 0 Å². The smallest absolute Gasteiger partial charge is 0.325 e. The number of urea groups is 1. The van der Waals surface area contributed by atoms with Crippen LogP contribution in [0.25, 0.3) is 0 Å². The number of nitrogens with zero attached hydrogens (tertiary/aromatic N) is 4. The molecule has 2 aliphatic rings. The molecule has 0 unspecified atom stereocenters. The zero-order valence-electron chi connectivity index (χ0n) is 15.5. The first kappa shape index (κ1) is 18.1. The normalized spacial score (nSPS) is 17.4. The van der Waals surface area contributed by atoms with Gasteiger partial charge < -0.3 is 19.1 Å². The van der Waals surface area contributed by atoms with Crippen molar-refractivity contribution in [3.8, 4) is 0 Å². The van der Waals surface area contributed by atoms with E-state index in [4.69, 9.17) is 4.42 Å². The molecule has 4 rings (SSSR count). The summed E-state index contributed by atoms with van der Waals surface area (Å²) < 4.78 is 5.15. The molecular weight excluding hydrogens is 360 g/mol. The highest BCUT2D eigenvalue weighted by molar-refractivity contribution is 5.96. The lowest BCUT2D eigenvalue weighted by atomic mass is 10.2. The van der Waals surface area contributed by atoms with Crippen molar-refractivity contribution in [2.24, 2.45) is 0 Å². The van der Waals surface area contributed by atoms with Crippen LogP contribution in [0.1, 0.15) is 10.6 Å². The van der Waals surface area contributed by atoms with Crippen LogP contribution in [-0.2, 0) is 4.79 Å². The molecule has 0 bridgehead atoms. The van der Waals surface area contributed by atoms with Crippen molar-refractivity contribution in [2.75, 3.05) is 50.7 Å². The minimum atomic E-state index is -0.162. The Labute approximate surface area is 162 Å². The first-order chi connectivity index (χ1) is 13.6. The molecule has 0 radical (unpaired) electrons. The number of carbonyl (C=O) groups excluding carboxylic acids is 3. The minimum absolute atomic E-state index is 0.0638. The molecule has 2 saturated heterocycles. The Morgan fingerprint density at radius 2 is 1.57 bits per heavy atom. The van der Waals surface area contributed by atoms with Crippen LogP contribution in [-0.4, -0.2) is 78.4 Å². The van der Waals surface area contributed by atoms with Gasteiger partial charge in [-0.3, -0.25) is 14.5 Å². The summed E-state index contributed by atoms with van der Waals surface area (Å²) >= 11 is 0. The molecule has 0 atom stereocenters. The Hall–Kier alpha value is -3.29. The van der Waals surface area contributed by atoms with Gasteiger partial charge in [-0.25, -0.2) is 4.79 Å². The number of hydrogen-bond acceptors (Lipinski definition) is 4. The van der Waals surface area contributed by atoms with Crippen molar-refractivity contribution >= 4 is 23.5 Å². The summed E-state index contributed by atoms with van der Waals surface area (Å²) in [6.45, 7) is 2.97. The van der Waals surface area contributed by atoms with E-state index in [1.165, 1.54) is 6.26 Å². The molecule has 146 valence electrons. The number of furan rings is 1. The first-order valence-electron chi connectivity index (χ1n) is 9.35. The monoisotopic (exact) mass is 382 g/mol. The zero-order chi connectivity index (χ0) is 19.5. The summed E-state index contributed by atoms with van der Waals surface area (Å²) in [5.41, 5.74) is 0.840. The SMILES string of the molecule is O=C(CN1CCN(c2ccccc2)C1=O)N1CCN(C(=O)c2ccco2)CC1. The molecule has 2 fully saturated rings. The second-order valence-corrected chi connectivity index (χ2v) is 6.84. The van der Waals surface area contributed by atoms with Crippen LogP contribution >= 0.6 is 0 Å². The molecule has 0 saturated carbocycles. The maximum Gasteiger partial charge on any atom is 0.325 e. The van der Waals surface area contributed by atoms with Crippen molar-refractivity contribution in [2.45, 2.75) is 0 Å². The Morgan fingerprint density at radius 1 is 0.857 bits per heavy atom. The predicted octanol–water partition coefficient (Wildman–Crippen LogP) is 1.51. The van der Waals surface area contributed by atoms with Crippen molar-refractivity contribution in [3.63, 3.8) is 0 Å². The van der Waals surface area contributed by atoms with Crippen LogP contribution in [0.15, 0.2) is 53.1 Å². The maximum absolute atomic E-state index is 12.6. The topological polar surface area (TPSA) is 77.3 Å². The average Bonchev–Trinajstić information content (AvgIpc) is 3.39. The number of benzene rings is 1. The van der Waals surface area contributed by atoms with E-state index in [0.717, 1.165) is 5.69 Å². The van der Waals surface area contributed by atoms with Gasteiger partial charge in [0.25, 0.3) is 5.91 Å². The van der Waals surface area contributed by atoms with E-state index in [1.54, 1.807) is 31.7 Å². The van der Waals surface area contributed by atoms with Gasteiger partial charge in [0.15, 0.2) is 5.76 Å². The minimum Gasteiger partial charge on any atom is -0.459 e. The van der Waals surface area contributed by atoms with Gasteiger partial charge in [-0.1, -0.05) is 18.2 Å². The molecule has 2 aromatic rings. The van der Waals surface area contributed by atoms with Gasteiger partial charge in [-0.05, 0) is 24.3 Å². The predicted molar refractivity (Wildman–Crippen MR) is 102 cm³/mol. The van der Waals surface area contributed by atoms with Crippen LogP contribution in [0.2, 0.25) is 0 Å². The van der Waals surface area contributed by atoms with E-state index < -0.39 is 0 Å². The molecule has 28 heavy (non-hydrogen) atoms. The number of anilines is 1. The molecule has 3 heterocycles. The fourth-order valence-corrected chi connectivity index (χ4v) is 3.56. The largest absolute Gasteiger partial charge is 0.459 e. The van der Waals surface area contributed by atoms with Gasteiger partial charge >= 0.3 is 6.03 Å². The van der Waals surface area contributed by atoms with Gasteiger partial charge in [0.1, 0.15) is 6.54 Å². The zero-order valence-corrected chi connectivity index (χ0v) is 15.5. The van der Waals surface area contributed by atoms with Crippen LogP contribution in [0.3, 0.4) is 0 Å². The number of amides is 4. The van der Waals surface area contributed by atoms with Crippen LogP contribution in [0.5, 0.6) is 0 Å². The lowest BCUT2D eigenvalue weighted by Gasteiger charge is -2.35. The summed E-state index contributed by atoms with van der Waals surface area (Å²) in [6.07, 6.45) is 1.47. The maximum atomic E-state index is 12.6. The Balaban J connectivity index is 1.29. The van der Waals surface area contributed by atoms with Crippen molar-refractivity contribution in [1.82, 2.24) is 14.7 Å². The Morgan fingerprint density at radius 3 is 2.25 bits per heavy atom. The number of para-hydroxylation sites is 1. The Kier molecular flexibility index (Phi) is 5.01. The molecule has 8 nitrogen and oxygen atoms in total. The molecule has 0 aliphatic carbocycles. The first-order valence-corrected chi connectivity index (χ1v) is 9.35. The standard InChI is InChI=1S/C20H22N4O4/c25-18(15-23-12-13-24(20(23)27)16-5-2-1-3-6-16)21-8-10-22(11-9-21)19(26)17-7-4-14-28-17/h1-7,14H,8-13,15H2. The van der Waals surface area contributed by atoms with Crippen LogP contribution in [0, 0.1) is 0 Å². The van der Waals surface area contributed by atoms with Gasteiger partial charge in [0, 0.05) is 45.0 Å². The van der Waals surface area contributed by atoms with E-state index in [9.17, 15) is 14.4 Å². The van der Waals surface area contributed by atoms with E-state index in [-0.39, 0.29) is 24.4 Å². The molecule has 0 N–H and O–H groups in total. The van der Waals surface area contributed by atoms with Crippen molar-refractivity contribution in [1.29, 1.82) is 0 Å². The third-order valence-electron chi connectivity index (χ3n) is 5.14. The van der Waals surface area contributed by atoms with Gasteiger partial charge in [-0.2, -0.15) is 0 Å². The van der Waals surface area contributed by atoms with Crippen LogP contribution < -0.4 is 4.90 Å². The number of hydrogen-bond donors (Lipinski definition) is 0. The highest BCUT2D eigenvalue weighted by Gasteiger charge is 2.33. The highest BCUT2D eigenvalue weighted by Crippen LogP contribution is 2.20. The van der Waals surface area contributed by atoms with Crippen molar-refractivity contribution < 1.29 is 18.8 Å². The number of piperazine rings is 1. The average molecular weight is 382 g/mol. The lowest BCUT2D eigenvalue weighted by Crippen LogP contribution is -2.52. The third kappa shape index (κ3) is 3.58. The second kappa shape index (κ2) is 7.75. The van der Waals surface area contributed by atoms with Gasteiger partial charge in [-0.15, -0.1) is 0 Å². The molecule has 4 amide bonds. The van der Waals surface area contributed by atoms with E-state index in [2.05, 4.69) is 0 Å². The van der Waals surface area contributed by atoms with Gasteiger partial charge in [0.05, 0.1) is 6.26 Å². The molecule has 1 aromatic heterocycles. The fraction of sp³-hybridized carbons (Fsp3) is 0.350. The second-order valence-electron chi connectivity index (χ2n) is 6.84. The molecule has 2 aliphatic heterocycles. The highest BCUT2D eigenvalue weighted by atomic mass is 16.3. The molecule has 1 aromatic carbocycles. The summed E-state index contributed by atoms with van der Waals surface area (Å²) in [7, 11) is 0. The lowest BCUT2D eigenvalue weighted by molar-refractivity contribution is -0.133. The summed E-state index contributed by atoms with van der Waals surface area (Å²) in [4.78, 5) is 44.2. The molecule has 0 spiro atoms. The number of carbonyl (C=O) groups is 3. The van der Waals surface area contributed by atoms with E-state index in [0.29, 0.717) is 45.0 Å².